The van der Waals surface area contributed by atoms with Crippen LogP contribution in [0.5, 0.6) is 0 Å². The highest BCUT2D eigenvalue weighted by Gasteiger charge is 2.11. The van der Waals surface area contributed by atoms with Crippen molar-refractivity contribution in [3.05, 3.63) is 35.6 Å². The Morgan fingerprint density at radius 3 is 2.45 bits per heavy atom. The molecule has 0 spiro atoms. The number of hydrogen-bond acceptors (Lipinski definition) is 4. The molecule has 0 bridgehead atoms. The van der Waals surface area contributed by atoms with Crippen molar-refractivity contribution in [1.82, 2.24) is 5.32 Å². The highest BCUT2D eigenvalue weighted by Crippen LogP contribution is 2.12. The molecule has 20 heavy (non-hydrogen) atoms. The fourth-order valence-corrected chi connectivity index (χ4v) is 1.80. The van der Waals surface area contributed by atoms with Gasteiger partial charge in [0, 0.05) is 19.7 Å². The maximum atomic E-state index is 12.8. The van der Waals surface area contributed by atoms with Crippen molar-refractivity contribution in [2.24, 2.45) is 0 Å². The van der Waals surface area contributed by atoms with Crippen molar-refractivity contribution in [2.45, 2.75) is 32.1 Å². The first-order valence-corrected chi connectivity index (χ1v) is 6.80. The van der Waals surface area contributed by atoms with E-state index in [1.807, 2.05) is 13.8 Å². The fourth-order valence-electron chi connectivity index (χ4n) is 1.80. The first-order valence-electron chi connectivity index (χ1n) is 6.80. The molecule has 5 heteroatoms. The molecule has 0 saturated heterocycles. The first-order chi connectivity index (χ1) is 9.52. The standard InChI is InChI=1S/C15H24FNO3/c1-11(9-19-3)20-10-15(18)8-17-12(2)13-4-6-14(16)7-5-13/h4-7,11-12,15,17-18H,8-10H2,1-3H3/t11?,12-,15?/m1/s1. The van der Waals surface area contributed by atoms with E-state index in [1.165, 1.54) is 12.1 Å². The van der Waals surface area contributed by atoms with Gasteiger partial charge in [0.25, 0.3) is 0 Å². The molecule has 1 aromatic carbocycles. The van der Waals surface area contributed by atoms with E-state index in [0.29, 0.717) is 13.2 Å². The van der Waals surface area contributed by atoms with Crippen molar-refractivity contribution in [2.75, 3.05) is 26.9 Å². The molecule has 0 fully saturated rings. The molecule has 2 N–H and O–H groups in total. The molecule has 2 unspecified atom stereocenters. The second kappa shape index (κ2) is 9.02. The Morgan fingerprint density at radius 2 is 1.85 bits per heavy atom. The molecule has 3 atom stereocenters. The van der Waals surface area contributed by atoms with Crippen LogP contribution in [0.3, 0.4) is 0 Å². The van der Waals surface area contributed by atoms with E-state index in [4.69, 9.17) is 9.47 Å². The molecule has 0 heterocycles. The van der Waals surface area contributed by atoms with E-state index in [-0.39, 0.29) is 24.6 Å². The average Bonchev–Trinajstić information content (AvgIpc) is 2.43. The molecule has 4 nitrogen and oxygen atoms in total. The number of aliphatic hydroxyl groups excluding tert-OH is 1. The van der Waals surface area contributed by atoms with Crippen molar-refractivity contribution >= 4 is 0 Å². The Morgan fingerprint density at radius 1 is 1.20 bits per heavy atom. The van der Waals surface area contributed by atoms with Crippen LogP contribution in [0.2, 0.25) is 0 Å². The summed E-state index contributed by atoms with van der Waals surface area (Å²) in [6.45, 7) is 5.04. The number of methoxy groups -OCH3 is 1. The van der Waals surface area contributed by atoms with Gasteiger partial charge in [0.2, 0.25) is 0 Å². The lowest BCUT2D eigenvalue weighted by Crippen LogP contribution is -2.33. The number of hydrogen-bond donors (Lipinski definition) is 2. The summed E-state index contributed by atoms with van der Waals surface area (Å²) in [5.41, 5.74) is 0.979. The number of ether oxygens (including phenoxy) is 2. The van der Waals surface area contributed by atoms with Gasteiger partial charge < -0.3 is 19.9 Å². The number of rotatable bonds is 9. The molecular formula is C15H24FNO3. The first kappa shape index (κ1) is 17.0. The molecule has 1 rings (SSSR count). The largest absolute Gasteiger partial charge is 0.389 e. The summed E-state index contributed by atoms with van der Waals surface area (Å²) in [7, 11) is 1.61. The third kappa shape index (κ3) is 6.43. The zero-order valence-corrected chi connectivity index (χ0v) is 12.3. The Bertz CT molecular complexity index is 372. The van der Waals surface area contributed by atoms with E-state index in [0.717, 1.165) is 5.56 Å². The lowest BCUT2D eigenvalue weighted by molar-refractivity contribution is -0.0315. The molecule has 0 radical (unpaired) electrons. The number of benzene rings is 1. The Hall–Kier alpha value is -1.01. The maximum absolute atomic E-state index is 12.8. The van der Waals surface area contributed by atoms with Gasteiger partial charge in [-0.15, -0.1) is 0 Å². The normalized spacial score (nSPS) is 15.8. The van der Waals surface area contributed by atoms with Crippen LogP contribution in [0, 0.1) is 5.82 Å². The Kier molecular flexibility index (Phi) is 7.69. The van der Waals surface area contributed by atoms with Gasteiger partial charge >= 0.3 is 0 Å². The van der Waals surface area contributed by atoms with Crippen molar-refractivity contribution in [3.8, 4) is 0 Å². The summed E-state index contributed by atoms with van der Waals surface area (Å²) in [6.07, 6.45) is -0.624. The van der Waals surface area contributed by atoms with Gasteiger partial charge in [0.15, 0.2) is 0 Å². The highest BCUT2D eigenvalue weighted by molar-refractivity contribution is 5.19. The van der Waals surface area contributed by atoms with Crippen LogP contribution in [-0.2, 0) is 9.47 Å². The van der Waals surface area contributed by atoms with E-state index in [1.54, 1.807) is 19.2 Å². The minimum atomic E-state index is -0.586. The smallest absolute Gasteiger partial charge is 0.123 e. The van der Waals surface area contributed by atoms with E-state index in [2.05, 4.69) is 5.32 Å². The molecule has 114 valence electrons. The number of aliphatic hydroxyl groups is 1. The molecule has 0 aliphatic rings. The molecule has 0 aliphatic carbocycles. The summed E-state index contributed by atoms with van der Waals surface area (Å²) in [6, 6.07) is 6.37. The lowest BCUT2D eigenvalue weighted by Gasteiger charge is -2.19. The van der Waals surface area contributed by atoms with E-state index in [9.17, 15) is 9.50 Å². The molecule has 0 saturated carbocycles. The molecule has 1 aromatic rings. The minimum absolute atomic E-state index is 0.0378. The van der Waals surface area contributed by atoms with Gasteiger partial charge in [-0.2, -0.15) is 0 Å². The maximum Gasteiger partial charge on any atom is 0.123 e. The predicted octanol–water partition coefficient (Wildman–Crippen LogP) is 1.89. The number of halogens is 1. The van der Waals surface area contributed by atoms with Crippen LogP contribution in [0.25, 0.3) is 0 Å². The van der Waals surface area contributed by atoms with Crippen LogP contribution in [0.15, 0.2) is 24.3 Å². The number of nitrogens with one attached hydrogen (secondary N) is 1. The van der Waals surface area contributed by atoms with Gasteiger partial charge in [0.05, 0.1) is 25.4 Å². The summed E-state index contributed by atoms with van der Waals surface area (Å²) < 4.78 is 23.2. The summed E-state index contributed by atoms with van der Waals surface area (Å²) in [4.78, 5) is 0. The van der Waals surface area contributed by atoms with Crippen molar-refractivity contribution < 1.29 is 19.0 Å². The van der Waals surface area contributed by atoms with Gasteiger partial charge in [0.1, 0.15) is 5.82 Å². The van der Waals surface area contributed by atoms with Gasteiger partial charge in [-0.1, -0.05) is 12.1 Å². The summed E-state index contributed by atoms with van der Waals surface area (Å²) in [5, 5.41) is 13.0. The van der Waals surface area contributed by atoms with Gasteiger partial charge in [-0.3, -0.25) is 0 Å². The van der Waals surface area contributed by atoms with Crippen LogP contribution < -0.4 is 5.32 Å². The molecule has 0 amide bonds. The molecular weight excluding hydrogens is 261 g/mol. The summed E-state index contributed by atoms with van der Waals surface area (Å²) in [5.74, 6) is -0.249. The Labute approximate surface area is 119 Å². The Balaban J connectivity index is 2.26. The quantitative estimate of drug-likeness (QED) is 0.727. The predicted molar refractivity (Wildman–Crippen MR) is 76.1 cm³/mol. The third-order valence-corrected chi connectivity index (χ3v) is 3.00. The van der Waals surface area contributed by atoms with Crippen molar-refractivity contribution in [1.29, 1.82) is 0 Å². The van der Waals surface area contributed by atoms with E-state index < -0.39 is 6.10 Å². The SMILES string of the molecule is COCC(C)OCC(O)CN[C@H](C)c1ccc(F)cc1. The van der Waals surface area contributed by atoms with Gasteiger partial charge in [-0.25, -0.2) is 4.39 Å². The molecule has 0 aliphatic heterocycles. The van der Waals surface area contributed by atoms with Crippen LogP contribution in [0.4, 0.5) is 4.39 Å². The monoisotopic (exact) mass is 285 g/mol. The third-order valence-electron chi connectivity index (χ3n) is 3.00. The highest BCUT2D eigenvalue weighted by atomic mass is 19.1. The van der Waals surface area contributed by atoms with Crippen LogP contribution in [-0.4, -0.2) is 44.2 Å². The second-order valence-electron chi connectivity index (χ2n) is 4.93. The van der Waals surface area contributed by atoms with Gasteiger partial charge in [-0.05, 0) is 31.5 Å². The second-order valence-corrected chi connectivity index (χ2v) is 4.93. The summed E-state index contributed by atoms with van der Waals surface area (Å²) >= 11 is 0. The zero-order valence-electron chi connectivity index (χ0n) is 12.3. The lowest BCUT2D eigenvalue weighted by atomic mass is 10.1. The van der Waals surface area contributed by atoms with Crippen molar-refractivity contribution in [3.63, 3.8) is 0 Å². The zero-order chi connectivity index (χ0) is 15.0. The molecule has 0 aromatic heterocycles. The van der Waals surface area contributed by atoms with Crippen LogP contribution in [0.1, 0.15) is 25.5 Å². The van der Waals surface area contributed by atoms with Crippen LogP contribution >= 0.6 is 0 Å². The fraction of sp³-hybridized carbons (Fsp3) is 0.600. The average molecular weight is 285 g/mol. The minimum Gasteiger partial charge on any atom is -0.389 e. The van der Waals surface area contributed by atoms with E-state index >= 15 is 0 Å². The topological polar surface area (TPSA) is 50.7 Å².